The van der Waals surface area contributed by atoms with E-state index in [1.165, 1.54) is 25.8 Å². The minimum Gasteiger partial charge on any atom is -0.493 e. The molecule has 1 aromatic heterocycles. The summed E-state index contributed by atoms with van der Waals surface area (Å²) < 4.78 is 18.7. The lowest BCUT2D eigenvalue weighted by molar-refractivity contribution is -0.140. The zero-order chi connectivity index (χ0) is 23.7. The first-order chi connectivity index (χ1) is 15.1. The first kappa shape index (κ1) is 23.2. The number of nitrogens with one attached hydrogen (secondary N) is 1. The number of hydrogen-bond donors (Lipinski definition) is 1. The summed E-state index contributed by atoms with van der Waals surface area (Å²) in [5.74, 6) is 0.177. The quantitative estimate of drug-likeness (QED) is 0.683. The molecule has 0 saturated carbocycles. The fraction of sp³-hybridized carbons (Fsp3) is 0.435. The fourth-order valence-corrected chi connectivity index (χ4v) is 3.84. The van der Waals surface area contributed by atoms with Gasteiger partial charge in [-0.25, -0.2) is 9.59 Å². The molecule has 0 radical (unpaired) electrons. The Bertz CT molecular complexity index is 1210. The second kappa shape index (κ2) is 8.94. The average Bonchev–Trinajstić information content (AvgIpc) is 2.78. The lowest BCUT2D eigenvalue weighted by atomic mass is 9.82. The minimum atomic E-state index is -0.767. The average molecular weight is 444 g/mol. The molecule has 9 heteroatoms. The van der Waals surface area contributed by atoms with Crippen molar-refractivity contribution in [1.29, 1.82) is 0 Å². The van der Waals surface area contributed by atoms with Gasteiger partial charge >= 0.3 is 11.7 Å². The van der Waals surface area contributed by atoms with Crippen LogP contribution in [0, 0.1) is 5.92 Å². The number of anilines is 1. The second-order valence-corrected chi connectivity index (χ2v) is 8.17. The molecule has 0 saturated heterocycles. The van der Waals surface area contributed by atoms with Crippen LogP contribution in [0.15, 0.2) is 39.1 Å². The van der Waals surface area contributed by atoms with E-state index < -0.39 is 23.1 Å². The molecule has 3 rings (SSSR count). The molecule has 0 amide bonds. The third-order valence-electron chi connectivity index (χ3n) is 5.50. The highest BCUT2D eigenvalue weighted by Crippen LogP contribution is 2.42. The van der Waals surface area contributed by atoms with Gasteiger partial charge in [0.05, 0.1) is 37.9 Å². The molecule has 0 bridgehead atoms. The molecular formula is C23H29N3O6. The number of nitrogens with zero attached hydrogens (tertiary/aromatic N) is 2. The molecule has 0 unspecified atom stereocenters. The van der Waals surface area contributed by atoms with Crippen LogP contribution in [0.1, 0.15) is 37.8 Å². The first-order valence-corrected chi connectivity index (χ1v) is 10.3. The van der Waals surface area contributed by atoms with Crippen molar-refractivity contribution in [2.24, 2.45) is 20.0 Å². The van der Waals surface area contributed by atoms with Crippen molar-refractivity contribution in [2.75, 3.05) is 26.1 Å². The molecule has 0 fully saturated rings. The van der Waals surface area contributed by atoms with Gasteiger partial charge in [0.1, 0.15) is 5.82 Å². The predicted octanol–water partition coefficient (Wildman–Crippen LogP) is 2.13. The first-order valence-electron chi connectivity index (χ1n) is 10.3. The van der Waals surface area contributed by atoms with Gasteiger partial charge < -0.3 is 19.5 Å². The zero-order valence-corrected chi connectivity index (χ0v) is 19.4. The van der Waals surface area contributed by atoms with E-state index in [9.17, 15) is 14.4 Å². The Morgan fingerprint density at radius 3 is 2.34 bits per heavy atom. The largest absolute Gasteiger partial charge is 0.493 e. The molecule has 1 aromatic carbocycles. The van der Waals surface area contributed by atoms with Crippen LogP contribution in [0.4, 0.5) is 5.82 Å². The highest BCUT2D eigenvalue weighted by atomic mass is 16.5. The Balaban J connectivity index is 2.32. The van der Waals surface area contributed by atoms with Crippen LogP contribution in [0.5, 0.6) is 11.5 Å². The number of fused-ring (bicyclic) bond motifs is 1. The van der Waals surface area contributed by atoms with Crippen molar-refractivity contribution in [3.63, 3.8) is 0 Å². The van der Waals surface area contributed by atoms with Crippen LogP contribution >= 0.6 is 0 Å². The van der Waals surface area contributed by atoms with Crippen LogP contribution in [0.2, 0.25) is 0 Å². The summed E-state index contributed by atoms with van der Waals surface area (Å²) in [6.45, 7) is 5.86. The van der Waals surface area contributed by atoms with Gasteiger partial charge in [-0.2, -0.15) is 0 Å². The van der Waals surface area contributed by atoms with E-state index in [1.807, 2.05) is 13.8 Å². The third kappa shape index (κ3) is 3.90. The lowest BCUT2D eigenvalue weighted by Crippen LogP contribution is -2.43. The van der Waals surface area contributed by atoms with E-state index >= 15 is 0 Å². The number of aromatic nitrogens is 2. The maximum Gasteiger partial charge on any atom is 0.336 e. The van der Waals surface area contributed by atoms with Gasteiger partial charge in [0, 0.05) is 19.8 Å². The number of ether oxygens (including phenoxy) is 3. The summed E-state index contributed by atoms with van der Waals surface area (Å²) in [5.41, 5.74) is 0.777. The van der Waals surface area contributed by atoms with Crippen LogP contribution < -0.4 is 26.0 Å². The van der Waals surface area contributed by atoms with E-state index in [0.717, 1.165) is 4.57 Å². The minimum absolute atomic E-state index is 0.150. The highest BCUT2D eigenvalue weighted by Gasteiger charge is 2.37. The summed E-state index contributed by atoms with van der Waals surface area (Å²) in [5, 5.41) is 3.08. The number of esters is 1. The van der Waals surface area contributed by atoms with Crippen molar-refractivity contribution in [1.82, 2.24) is 9.13 Å². The van der Waals surface area contributed by atoms with Gasteiger partial charge in [-0.15, -0.1) is 0 Å². The Labute approximate surface area is 186 Å². The number of hydrogen-bond acceptors (Lipinski definition) is 7. The summed E-state index contributed by atoms with van der Waals surface area (Å²) in [4.78, 5) is 39.0. The van der Waals surface area contributed by atoms with Gasteiger partial charge in [0.2, 0.25) is 0 Å². The lowest BCUT2D eigenvalue weighted by Gasteiger charge is -2.31. The molecule has 1 aliphatic heterocycles. The van der Waals surface area contributed by atoms with Crippen LogP contribution in [-0.2, 0) is 23.6 Å². The Morgan fingerprint density at radius 1 is 1.09 bits per heavy atom. The van der Waals surface area contributed by atoms with E-state index in [1.54, 1.807) is 32.2 Å². The van der Waals surface area contributed by atoms with Crippen molar-refractivity contribution in [2.45, 2.75) is 26.7 Å². The Hall–Kier alpha value is -3.49. The summed E-state index contributed by atoms with van der Waals surface area (Å²) in [6.07, 6.45) is 0. The standard InChI is InChI=1S/C23H29N3O6/c1-12(2)11-32-22(28)17-13(3)24-20-19(21(27)26(5)23(29)25(20)4)18(17)14-8-9-15(30-6)16(10-14)31-7/h8-10,12,18,24H,11H2,1-7H3/t18-/m0/s1. The second-order valence-electron chi connectivity index (χ2n) is 8.17. The van der Waals surface area contributed by atoms with E-state index in [2.05, 4.69) is 5.32 Å². The fourth-order valence-electron chi connectivity index (χ4n) is 3.84. The number of allylic oxidation sites excluding steroid dienone is 1. The van der Waals surface area contributed by atoms with Gasteiger partial charge in [-0.3, -0.25) is 13.9 Å². The molecule has 2 aromatic rings. The number of rotatable bonds is 6. The summed E-state index contributed by atoms with van der Waals surface area (Å²) in [7, 11) is 6.04. The monoisotopic (exact) mass is 443 g/mol. The van der Waals surface area contributed by atoms with Gasteiger partial charge in [-0.05, 0) is 30.5 Å². The van der Waals surface area contributed by atoms with Crippen LogP contribution in [0.3, 0.4) is 0 Å². The van der Waals surface area contributed by atoms with E-state index in [4.69, 9.17) is 14.2 Å². The SMILES string of the molecule is COc1ccc([C@H]2C(C(=O)OCC(C)C)=C(C)Nc3c2c(=O)n(C)c(=O)n3C)cc1OC. The number of benzene rings is 1. The molecule has 0 aliphatic carbocycles. The molecule has 9 nitrogen and oxygen atoms in total. The molecule has 172 valence electrons. The molecule has 1 atom stereocenters. The van der Waals surface area contributed by atoms with Crippen LogP contribution in [0.25, 0.3) is 0 Å². The Kier molecular flexibility index (Phi) is 6.47. The van der Waals surface area contributed by atoms with Crippen LogP contribution in [-0.4, -0.2) is 35.9 Å². The Morgan fingerprint density at radius 2 is 1.75 bits per heavy atom. The van der Waals surface area contributed by atoms with Gasteiger partial charge in [0.25, 0.3) is 5.56 Å². The zero-order valence-electron chi connectivity index (χ0n) is 19.4. The third-order valence-corrected chi connectivity index (χ3v) is 5.50. The van der Waals surface area contributed by atoms with Gasteiger partial charge in [0.15, 0.2) is 11.5 Å². The smallest absolute Gasteiger partial charge is 0.336 e. The number of methoxy groups -OCH3 is 2. The van der Waals surface area contributed by atoms with Crippen molar-refractivity contribution < 1.29 is 19.0 Å². The van der Waals surface area contributed by atoms with Crippen molar-refractivity contribution >= 4 is 11.8 Å². The van der Waals surface area contributed by atoms with Gasteiger partial charge in [-0.1, -0.05) is 19.9 Å². The van der Waals surface area contributed by atoms with E-state index in [-0.39, 0.29) is 18.1 Å². The summed E-state index contributed by atoms with van der Waals surface area (Å²) >= 11 is 0. The molecule has 2 heterocycles. The number of carbonyl (C=O) groups is 1. The topological polar surface area (TPSA) is 101 Å². The van der Waals surface area contributed by atoms with E-state index in [0.29, 0.717) is 34.2 Å². The normalized spacial score (nSPS) is 15.3. The molecule has 32 heavy (non-hydrogen) atoms. The number of carbonyl (C=O) groups excluding carboxylic acids is 1. The molecule has 0 spiro atoms. The summed E-state index contributed by atoms with van der Waals surface area (Å²) in [6, 6.07) is 5.22. The maximum atomic E-state index is 13.3. The molecular weight excluding hydrogens is 414 g/mol. The maximum absolute atomic E-state index is 13.3. The highest BCUT2D eigenvalue weighted by molar-refractivity contribution is 5.94. The van der Waals surface area contributed by atoms with Crippen molar-refractivity contribution in [3.05, 3.63) is 61.4 Å². The predicted molar refractivity (Wildman–Crippen MR) is 120 cm³/mol. The van der Waals surface area contributed by atoms with Crippen molar-refractivity contribution in [3.8, 4) is 11.5 Å². The molecule has 1 aliphatic rings. The molecule has 1 N–H and O–H groups in total.